The lowest BCUT2D eigenvalue weighted by molar-refractivity contribution is 0.302. The van der Waals surface area contributed by atoms with Crippen molar-refractivity contribution in [2.24, 2.45) is 5.92 Å². The standard InChI is InChI=1S/C15H19F3/c1-2-3-10-4-6-11(7-5-10)12-8-9-13(16)15(18)14(12)17/h8-11H,2-7H2,1H3/t10-,11-. The van der Waals surface area contributed by atoms with Crippen molar-refractivity contribution in [1.82, 2.24) is 0 Å². The molecule has 0 saturated heterocycles. The summed E-state index contributed by atoms with van der Waals surface area (Å²) in [5.41, 5.74) is 0.351. The van der Waals surface area contributed by atoms with Crippen molar-refractivity contribution in [3.05, 3.63) is 35.1 Å². The third-order valence-corrected chi connectivity index (χ3v) is 4.05. The molecular formula is C15H19F3. The van der Waals surface area contributed by atoms with Crippen LogP contribution in [-0.4, -0.2) is 0 Å². The molecule has 0 amide bonds. The zero-order chi connectivity index (χ0) is 13.1. The Morgan fingerprint density at radius 3 is 2.28 bits per heavy atom. The van der Waals surface area contributed by atoms with E-state index in [0.29, 0.717) is 5.56 Å². The van der Waals surface area contributed by atoms with Crippen LogP contribution in [0.3, 0.4) is 0 Å². The van der Waals surface area contributed by atoms with Crippen molar-refractivity contribution in [3.8, 4) is 0 Å². The van der Waals surface area contributed by atoms with Gasteiger partial charge in [-0.1, -0.05) is 25.8 Å². The molecule has 1 aliphatic carbocycles. The van der Waals surface area contributed by atoms with Gasteiger partial charge in [-0.25, -0.2) is 13.2 Å². The summed E-state index contributed by atoms with van der Waals surface area (Å²) in [6.07, 6.45) is 6.29. The Labute approximate surface area is 106 Å². The van der Waals surface area contributed by atoms with Gasteiger partial charge in [0.15, 0.2) is 17.5 Å². The van der Waals surface area contributed by atoms with E-state index in [1.165, 1.54) is 18.9 Å². The molecular weight excluding hydrogens is 237 g/mol. The van der Waals surface area contributed by atoms with Crippen LogP contribution in [0.15, 0.2) is 12.1 Å². The van der Waals surface area contributed by atoms with Crippen molar-refractivity contribution < 1.29 is 13.2 Å². The topological polar surface area (TPSA) is 0 Å². The van der Waals surface area contributed by atoms with E-state index < -0.39 is 17.5 Å². The van der Waals surface area contributed by atoms with E-state index in [2.05, 4.69) is 6.92 Å². The normalized spacial score (nSPS) is 24.2. The molecule has 1 saturated carbocycles. The summed E-state index contributed by atoms with van der Waals surface area (Å²) in [5, 5.41) is 0. The van der Waals surface area contributed by atoms with Crippen molar-refractivity contribution in [3.63, 3.8) is 0 Å². The molecule has 1 aliphatic rings. The molecule has 1 aromatic rings. The number of hydrogen-bond donors (Lipinski definition) is 0. The maximum absolute atomic E-state index is 13.7. The van der Waals surface area contributed by atoms with Gasteiger partial charge in [0.2, 0.25) is 0 Å². The Balaban J connectivity index is 2.08. The Hall–Kier alpha value is -0.990. The van der Waals surface area contributed by atoms with Crippen LogP contribution in [0.2, 0.25) is 0 Å². The van der Waals surface area contributed by atoms with Gasteiger partial charge in [0.1, 0.15) is 0 Å². The van der Waals surface area contributed by atoms with Crippen LogP contribution in [0.25, 0.3) is 0 Å². The van der Waals surface area contributed by atoms with Crippen LogP contribution in [-0.2, 0) is 0 Å². The highest BCUT2D eigenvalue weighted by molar-refractivity contribution is 5.24. The molecule has 18 heavy (non-hydrogen) atoms. The molecule has 0 atom stereocenters. The summed E-state index contributed by atoms with van der Waals surface area (Å²) < 4.78 is 39.7. The molecule has 0 aliphatic heterocycles. The Morgan fingerprint density at radius 2 is 1.67 bits per heavy atom. The van der Waals surface area contributed by atoms with Crippen LogP contribution < -0.4 is 0 Å². The minimum absolute atomic E-state index is 0.0493. The van der Waals surface area contributed by atoms with Gasteiger partial charge >= 0.3 is 0 Å². The number of benzene rings is 1. The largest absolute Gasteiger partial charge is 0.204 e. The number of rotatable bonds is 3. The first-order chi connectivity index (χ1) is 8.63. The van der Waals surface area contributed by atoms with E-state index in [9.17, 15) is 13.2 Å². The Kier molecular flexibility index (Phi) is 4.31. The first-order valence-corrected chi connectivity index (χ1v) is 6.76. The monoisotopic (exact) mass is 256 g/mol. The van der Waals surface area contributed by atoms with Gasteiger partial charge in [-0.3, -0.25) is 0 Å². The summed E-state index contributed by atoms with van der Waals surface area (Å²) in [5.74, 6) is -2.65. The second-order valence-corrected chi connectivity index (χ2v) is 5.27. The smallest absolute Gasteiger partial charge is 0.194 e. The quantitative estimate of drug-likeness (QED) is 0.654. The van der Waals surface area contributed by atoms with Crippen molar-refractivity contribution in [2.45, 2.75) is 51.4 Å². The average molecular weight is 256 g/mol. The van der Waals surface area contributed by atoms with E-state index in [0.717, 1.165) is 37.7 Å². The summed E-state index contributed by atoms with van der Waals surface area (Å²) in [6, 6.07) is 2.43. The summed E-state index contributed by atoms with van der Waals surface area (Å²) in [4.78, 5) is 0. The van der Waals surface area contributed by atoms with E-state index in [4.69, 9.17) is 0 Å². The van der Waals surface area contributed by atoms with Crippen molar-refractivity contribution >= 4 is 0 Å². The highest BCUT2D eigenvalue weighted by Crippen LogP contribution is 2.38. The lowest BCUT2D eigenvalue weighted by atomic mass is 9.77. The number of halogens is 3. The van der Waals surface area contributed by atoms with Crippen LogP contribution in [0.4, 0.5) is 13.2 Å². The highest BCUT2D eigenvalue weighted by Gasteiger charge is 2.25. The third kappa shape index (κ3) is 2.70. The first-order valence-electron chi connectivity index (χ1n) is 6.76. The fourth-order valence-corrected chi connectivity index (χ4v) is 3.03. The van der Waals surface area contributed by atoms with Gasteiger partial charge in [-0.15, -0.1) is 0 Å². The molecule has 0 radical (unpaired) electrons. The molecule has 0 aromatic heterocycles. The van der Waals surface area contributed by atoms with Gasteiger partial charge in [-0.2, -0.15) is 0 Å². The second-order valence-electron chi connectivity index (χ2n) is 5.27. The van der Waals surface area contributed by atoms with Crippen LogP contribution in [0, 0.1) is 23.4 Å². The molecule has 3 heteroatoms. The Bertz CT molecular complexity index is 406. The second kappa shape index (κ2) is 5.77. The molecule has 0 nitrogen and oxygen atoms in total. The van der Waals surface area contributed by atoms with E-state index in [1.54, 1.807) is 0 Å². The average Bonchev–Trinajstić information content (AvgIpc) is 2.38. The number of hydrogen-bond acceptors (Lipinski definition) is 0. The van der Waals surface area contributed by atoms with Crippen LogP contribution in [0.1, 0.15) is 56.9 Å². The molecule has 0 unspecified atom stereocenters. The molecule has 1 aromatic carbocycles. The van der Waals surface area contributed by atoms with Crippen LogP contribution >= 0.6 is 0 Å². The summed E-state index contributed by atoms with van der Waals surface area (Å²) >= 11 is 0. The molecule has 0 heterocycles. The van der Waals surface area contributed by atoms with E-state index >= 15 is 0 Å². The Morgan fingerprint density at radius 1 is 1.00 bits per heavy atom. The van der Waals surface area contributed by atoms with Crippen molar-refractivity contribution in [2.75, 3.05) is 0 Å². The first kappa shape index (κ1) is 13.4. The predicted molar refractivity (Wildman–Crippen MR) is 65.9 cm³/mol. The fourth-order valence-electron chi connectivity index (χ4n) is 3.03. The lowest BCUT2D eigenvalue weighted by Crippen LogP contribution is -2.15. The minimum Gasteiger partial charge on any atom is -0.204 e. The fraction of sp³-hybridized carbons (Fsp3) is 0.600. The van der Waals surface area contributed by atoms with Gasteiger partial charge in [0, 0.05) is 0 Å². The maximum Gasteiger partial charge on any atom is 0.194 e. The zero-order valence-corrected chi connectivity index (χ0v) is 10.7. The SMILES string of the molecule is CCC[C@H]1CC[C@H](c2ccc(F)c(F)c2F)CC1. The van der Waals surface area contributed by atoms with Gasteiger partial charge in [0.05, 0.1) is 0 Å². The lowest BCUT2D eigenvalue weighted by Gasteiger charge is -2.28. The molecule has 0 bridgehead atoms. The molecule has 0 N–H and O–H groups in total. The van der Waals surface area contributed by atoms with Gasteiger partial charge in [0.25, 0.3) is 0 Å². The van der Waals surface area contributed by atoms with E-state index in [1.807, 2.05) is 0 Å². The summed E-state index contributed by atoms with van der Waals surface area (Å²) in [6.45, 7) is 2.17. The predicted octanol–water partition coefficient (Wildman–Crippen LogP) is 5.18. The van der Waals surface area contributed by atoms with Gasteiger partial charge < -0.3 is 0 Å². The molecule has 1 fully saturated rings. The zero-order valence-electron chi connectivity index (χ0n) is 10.7. The summed E-state index contributed by atoms with van der Waals surface area (Å²) in [7, 11) is 0. The molecule has 0 spiro atoms. The maximum atomic E-state index is 13.7. The highest BCUT2D eigenvalue weighted by atomic mass is 19.2. The third-order valence-electron chi connectivity index (χ3n) is 4.05. The van der Waals surface area contributed by atoms with Crippen molar-refractivity contribution in [1.29, 1.82) is 0 Å². The van der Waals surface area contributed by atoms with E-state index in [-0.39, 0.29) is 5.92 Å². The minimum atomic E-state index is -1.33. The molecule has 100 valence electrons. The van der Waals surface area contributed by atoms with Crippen LogP contribution in [0.5, 0.6) is 0 Å². The van der Waals surface area contributed by atoms with Gasteiger partial charge in [-0.05, 0) is 49.1 Å². The molecule has 2 rings (SSSR count).